The highest BCUT2D eigenvalue weighted by molar-refractivity contribution is 9.10. The van der Waals surface area contributed by atoms with E-state index < -0.39 is 0 Å². The summed E-state index contributed by atoms with van der Waals surface area (Å²) in [7, 11) is 0. The van der Waals surface area contributed by atoms with Gasteiger partial charge in [0.1, 0.15) is 0 Å². The molecule has 0 bridgehead atoms. The maximum Gasteiger partial charge on any atom is 0.0351 e. The van der Waals surface area contributed by atoms with Gasteiger partial charge in [0.25, 0.3) is 0 Å². The number of hydrogen-bond acceptors (Lipinski definition) is 1. The van der Waals surface area contributed by atoms with Gasteiger partial charge < -0.3 is 0 Å². The highest BCUT2D eigenvalue weighted by Crippen LogP contribution is 2.12. The van der Waals surface area contributed by atoms with Gasteiger partial charge in [0.2, 0.25) is 0 Å². The van der Waals surface area contributed by atoms with E-state index in [2.05, 4.69) is 45.1 Å². The van der Waals surface area contributed by atoms with Crippen LogP contribution in [0.4, 0.5) is 0 Å². The van der Waals surface area contributed by atoms with Crippen LogP contribution >= 0.6 is 51.5 Å². The Labute approximate surface area is 122 Å². The number of hydrogen-bond donors (Lipinski definition) is 0. The molecular weight excluding hydrogens is 332 g/mol. The van der Waals surface area contributed by atoms with Gasteiger partial charge in [-0.25, -0.2) is 0 Å². The molecule has 1 nitrogen and oxygen atoms in total. The van der Waals surface area contributed by atoms with Crippen molar-refractivity contribution in [2.45, 2.75) is 6.54 Å². The molecule has 0 atom stereocenters. The minimum atomic E-state index is 0. The Morgan fingerprint density at radius 1 is 1.00 bits per heavy atom. The van der Waals surface area contributed by atoms with Crippen molar-refractivity contribution in [3.8, 4) is 0 Å². The second-order valence-corrected chi connectivity index (χ2v) is 4.95. The van der Waals surface area contributed by atoms with Crippen molar-refractivity contribution in [1.29, 1.82) is 0 Å². The molecule has 0 aliphatic rings. The SMILES string of the molecule is Cl.ClCCN(CCCl)Cc1ccc(Br)cc1. The van der Waals surface area contributed by atoms with Gasteiger partial charge in [-0.2, -0.15) is 0 Å². The molecule has 0 aliphatic heterocycles. The van der Waals surface area contributed by atoms with E-state index in [4.69, 9.17) is 23.2 Å². The summed E-state index contributed by atoms with van der Waals surface area (Å²) in [5.41, 5.74) is 1.29. The summed E-state index contributed by atoms with van der Waals surface area (Å²) in [6, 6.07) is 8.32. The fraction of sp³-hybridized carbons (Fsp3) is 0.455. The molecule has 0 saturated carbocycles. The third kappa shape index (κ3) is 6.31. The molecule has 0 N–H and O–H groups in total. The molecule has 1 aromatic rings. The summed E-state index contributed by atoms with van der Waals surface area (Å²) in [4.78, 5) is 2.25. The summed E-state index contributed by atoms with van der Waals surface area (Å²) in [5.74, 6) is 1.29. The Balaban J connectivity index is 0.00000225. The monoisotopic (exact) mass is 345 g/mol. The molecule has 0 unspecified atom stereocenters. The third-order valence-corrected chi connectivity index (χ3v) is 2.99. The summed E-state index contributed by atoms with van der Waals surface area (Å²) in [6.07, 6.45) is 0. The van der Waals surface area contributed by atoms with Crippen molar-refractivity contribution < 1.29 is 0 Å². The average molecular weight is 348 g/mol. The van der Waals surface area contributed by atoms with Gasteiger partial charge in [0.05, 0.1) is 0 Å². The van der Waals surface area contributed by atoms with Crippen LogP contribution < -0.4 is 0 Å². The standard InChI is InChI=1S/C11H14BrCl2N.ClH/c12-11-3-1-10(2-4-11)9-15(7-5-13)8-6-14;/h1-4H,5-9H2;1H. The molecule has 92 valence electrons. The van der Waals surface area contributed by atoms with Crippen LogP contribution in [0.1, 0.15) is 5.56 Å². The van der Waals surface area contributed by atoms with Gasteiger partial charge in [-0.15, -0.1) is 35.6 Å². The maximum atomic E-state index is 5.73. The Hall–Kier alpha value is 0.530. The number of halogens is 4. The summed E-state index contributed by atoms with van der Waals surface area (Å²) in [5, 5.41) is 0. The first-order chi connectivity index (χ1) is 7.26. The van der Waals surface area contributed by atoms with E-state index in [-0.39, 0.29) is 12.4 Å². The van der Waals surface area contributed by atoms with E-state index in [9.17, 15) is 0 Å². The maximum absolute atomic E-state index is 5.73. The fourth-order valence-electron chi connectivity index (χ4n) is 1.36. The number of rotatable bonds is 6. The summed E-state index contributed by atoms with van der Waals surface area (Å²) < 4.78 is 1.10. The lowest BCUT2D eigenvalue weighted by atomic mass is 10.2. The number of benzene rings is 1. The predicted molar refractivity (Wildman–Crippen MR) is 78.1 cm³/mol. The molecule has 0 heterocycles. The Morgan fingerprint density at radius 2 is 1.50 bits per heavy atom. The second kappa shape index (κ2) is 9.55. The van der Waals surface area contributed by atoms with E-state index >= 15 is 0 Å². The van der Waals surface area contributed by atoms with Gasteiger partial charge in [-0.3, -0.25) is 4.90 Å². The van der Waals surface area contributed by atoms with Gasteiger partial charge in [-0.1, -0.05) is 28.1 Å². The van der Waals surface area contributed by atoms with E-state index in [1.807, 2.05) is 0 Å². The van der Waals surface area contributed by atoms with Gasteiger partial charge >= 0.3 is 0 Å². The highest BCUT2D eigenvalue weighted by atomic mass is 79.9. The van der Waals surface area contributed by atoms with Crippen molar-refractivity contribution >= 4 is 51.5 Å². The second-order valence-electron chi connectivity index (χ2n) is 3.28. The topological polar surface area (TPSA) is 3.24 Å². The summed E-state index contributed by atoms with van der Waals surface area (Å²) in [6.45, 7) is 2.67. The first kappa shape index (κ1) is 16.5. The molecule has 0 aliphatic carbocycles. The molecule has 5 heteroatoms. The molecule has 0 fully saturated rings. The first-order valence-electron chi connectivity index (χ1n) is 4.85. The van der Waals surface area contributed by atoms with Crippen molar-refractivity contribution in [1.82, 2.24) is 4.90 Å². The van der Waals surface area contributed by atoms with Crippen LogP contribution in [0.2, 0.25) is 0 Å². The van der Waals surface area contributed by atoms with Crippen LogP contribution in [-0.2, 0) is 6.54 Å². The van der Waals surface area contributed by atoms with Crippen LogP contribution in [0.15, 0.2) is 28.7 Å². The zero-order valence-corrected chi connectivity index (χ0v) is 12.7. The van der Waals surface area contributed by atoms with E-state index in [1.165, 1.54) is 5.56 Å². The van der Waals surface area contributed by atoms with Crippen LogP contribution in [0.5, 0.6) is 0 Å². The Morgan fingerprint density at radius 3 is 1.94 bits per heavy atom. The van der Waals surface area contributed by atoms with Crippen molar-refractivity contribution in [2.75, 3.05) is 24.8 Å². The molecule has 0 aromatic heterocycles. The molecular formula is C11H15BrCl3N. The first-order valence-corrected chi connectivity index (χ1v) is 6.71. The summed E-state index contributed by atoms with van der Waals surface area (Å²) >= 11 is 14.9. The number of alkyl halides is 2. The lowest BCUT2D eigenvalue weighted by molar-refractivity contribution is 0.299. The lowest BCUT2D eigenvalue weighted by Gasteiger charge is -2.19. The zero-order valence-electron chi connectivity index (χ0n) is 8.83. The quantitative estimate of drug-likeness (QED) is 0.699. The van der Waals surface area contributed by atoms with Gasteiger partial charge in [0.15, 0.2) is 0 Å². The molecule has 0 amide bonds. The Bertz CT molecular complexity index is 273. The largest absolute Gasteiger partial charge is 0.297 e. The van der Waals surface area contributed by atoms with E-state index in [0.29, 0.717) is 11.8 Å². The van der Waals surface area contributed by atoms with Crippen LogP contribution in [0.25, 0.3) is 0 Å². The molecule has 0 saturated heterocycles. The predicted octanol–water partition coefficient (Wildman–Crippen LogP) is 4.15. The third-order valence-electron chi connectivity index (χ3n) is 2.12. The molecule has 1 rings (SSSR count). The normalized spacial score (nSPS) is 10.2. The lowest BCUT2D eigenvalue weighted by Crippen LogP contribution is -2.27. The molecule has 16 heavy (non-hydrogen) atoms. The Kier molecular flexibility index (Phi) is 9.87. The van der Waals surface area contributed by atoms with Crippen LogP contribution in [0, 0.1) is 0 Å². The molecule has 0 radical (unpaired) electrons. The van der Waals surface area contributed by atoms with Crippen molar-refractivity contribution in [2.24, 2.45) is 0 Å². The fourth-order valence-corrected chi connectivity index (χ4v) is 2.10. The highest BCUT2D eigenvalue weighted by Gasteiger charge is 2.04. The van der Waals surface area contributed by atoms with Gasteiger partial charge in [0, 0.05) is 35.9 Å². The van der Waals surface area contributed by atoms with E-state index in [1.54, 1.807) is 0 Å². The average Bonchev–Trinajstić information content (AvgIpc) is 2.22. The smallest absolute Gasteiger partial charge is 0.0351 e. The minimum Gasteiger partial charge on any atom is -0.297 e. The van der Waals surface area contributed by atoms with Crippen molar-refractivity contribution in [3.63, 3.8) is 0 Å². The molecule has 0 spiro atoms. The van der Waals surface area contributed by atoms with Gasteiger partial charge in [-0.05, 0) is 17.7 Å². The van der Waals surface area contributed by atoms with Crippen LogP contribution in [-0.4, -0.2) is 29.7 Å². The molecule has 1 aromatic carbocycles. The van der Waals surface area contributed by atoms with Crippen LogP contribution in [0.3, 0.4) is 0 Å². The number of nitrogens with zero attached hydrogens (tertiary/aromatic N) is 1. The minimum absolute atomic E-state index is 0. The van der Waals surface area contributed by atoms with E-state index in [0.717, 1.165) is 24.1 Å². The zero-order chi connectivity index (χ0) is 11.1. The van der Waals surface area contributed by atoms with Crippen molar-refractivity contribution in [3.05, 3.63) is 34.3 Å².